The Balaban J connectivity index is 1.11. The third-order valence-electron chi connectivity index (χ3n) is 18.0. The number of aryl methyl sites for hydroxylation is 4. The van der Waals surface area contributed by atoms with Crippen LogP contribution in [0.4, 0.5) is 45.5 Å². The topological polar surface area (TPSA) is 9.72 Å². The van der Waals surface area contributed by atoms with E-state index in [1.165, 1.54) is 123 Å². The molecule has 2 unspecified atom stereocenters. The normalized spacial score (nSPS) is 18.2. The van der Waals surface area contributed by atoms with Crippen molar-refractivity contribution in [3.63, 3.8) is 0 Å². The van der Waals surface area contributed by atoms with Crippen LogP contribution in [0.15, 0.2) is 188 Å². The van der Waals surface area contributed by atoms with Gasteiger partial charge in [0.15, 0.2) is 0 Å². The Kier molecular flexibility index (Phi) is 10.5. The van der Waals surface area contributed by atoms with Crippen molar-refractivity contribution in [3.05, 3.63) is 233 Å². The first kappa shape index (κ1) is 47.2. The van der Waals surface area contributed by atoms with Crippen molar-refractivity contribution >= 4 is 68.6 Å². The second-order valence-corrected chi connectivity index (χ2v) is 24.7. The van der Waals surface area contributed by atoms with Crippen molar-refractivity contribution in [1.29, 1.82) is 0 Å². The molecule has 4 aliphatic rings. The van der Waals surface area contributed by atoms with Gasteiger partial charge in [-0.3, -0.25) is 0 Å². The first-order chi connectivity index (χ1) is 35.9. The van der Waals surface area contributed by atoms with Gasteiger partial charge in [-0.2, -0.15) is 0 Å². The highest BCUT2D eigenvalue weighted by Crippen LogP contribution is 2.65. The molecule has 370 valence electrons. The predicted octanol–water partition coefficient (Wildman–Crippen LogP) is 16.9. The summed E-state index contributed by atoms with van der Waals surface area (Å²) in [6, 6.07) is 72.6. The summed E-state index contributed by atoms with van der Waals surface area (Å²) in [7, 11) is 0. The van der Waals surface area contributed by atoms with Crippen LogP contribution in [0.2, 0.25) is 0 Å². The molecular formula is C71H68BN3. The third kappa shape index (κ3) is 7.08. The van der Waals surface area contributed by atoms with Crippen LogP contribution in [0, 0.1) is 20.8 Å². The van der Waals surface area contributed by atoms with Gasteiger partial charge in [0, 0.05) is 50.8 Å². The van der Waals surface area contributed by atoms with Crippen molar-refractivity contribution in [2.75, 3.05) is 14.7 Å². The van der Waals surface area contributed by atoms with E-state index in [1.807, 2.05) is 0 Å². The zero-order chi connectivity index (χ0) is 51.9. The van der Waals surface area contributed by atoms with Crippen LogP contribution in [0.25, 0.3) is 22.3 Å². The average Bonchev–Trinajstić information content (AvgIpc) is 3.69. The van der Waals surface area contributed by atoms with Gasteiger partial charge in [0.25, 0.3) is 6.71 Å². The number of hydrogen-bond donors (Lipinski definition) is 0. The lowest BCUT2D eigenvalue weighted by Crippen LogP contribution is -2.61. The van der Waals surface area contributed by atoms with Crippen molar-refractivity contribution < 1.29 is 0 Å². The number of hydrogen-bond acceptors (Lipinski definition) is 3. The highest BCUT2D eigenvalue weighted by Gasteiger charge is 2.60. The number of nitrogens with zero attached hydrogens (tertiary/aromatic N) is 3. The van der Waals surface area contributed by atoms with Crippen molar-refractivity contribution in [3.8, 4) is 22.3 Å². The van der Waals surface area contributed by atoms with Crippen LogP contribution in [-0.2, 0) is 28.2 Å². The molecule has 4 heteroatoms. The lowest BCUT2D eigenvalue weighted by Gasteiger charge is -2.51. The average molecular weight is 974 g/mol. The zero-order valence-electron chi connectivity index (χ0n) is 45.7. The Bertz CT molecular complexity index is 3770. The second kappa shape index (κ2) is 16.7. The quantitative estimate of drug-likeness (QED) is 0.159. The van der Waals surface area contributed by atoms with E-state index in [9.17, 15) is 0 Å². The summed E-state index contributed by atoms with van der Waals surface area (Å²) >= 11 is 0. The molecule has 0 aromatic heterocycles. The van der Waals surface area contributed by atoms with Crippen LogP contribution in [0.5, 0.6) is 0 Å². The largest absolute Gasteiger partial charge is 0.330 e. The van der Waals surface area contributed by atoms with E-state index < -0.39 is 0 Å². The summed E-state index contributed by atoms with van der Waals surface area (Å²) in [5, 5.41) is 0. The molecule has 3 nitrogen and oxygen atoms in total. The molecule has 9 aromatic carbocycles. The molecule has 3 aliphatic heterocycles. The first-order valence-corrected chi connectivity index (χ1v) is 27.3. The molecule has 0 amide bonds. The smallest absolute Gasteiger partial charge is 0.252 e. The monoisotopic (exact) mass is 974 g/mol. The molecule has 0 saturated heterocycles. The summed E-state index contributed by atoms with van der Waals surface area (Å²) in [6.07, 6.45) is 2.16. The van der Waals surface area contributed by atoms with Crippen molar-refractivity contribution in [2.24, 2.45) is 0 Å². The Hall–Kier alpha value is -7.56. The molecular weight excluding hydrogens is 906 g/mol. The molecule has 2 atom stereocenters. The fourth-order valence-electron chi connectivity index (χ4n) is 13.9. The van der Waals surface area contributed by atoms with E-state index in [0.29, 0.717) is 0 Å². The summed E-state index contributed by atoms with van der Waals surface area (Å²) < 4.78 is 0. The molecule has 0 radical (unpaired) electrons. The fraction of sp³-hybridized carbons (Fsp3) is 0.239. The van der Waals surface area contributed by atoms with Crippen LogP contribution in [-0.4, -0.2) is 6.71 Å². The molecule has 13 rings (SSSR count). The van der Waals surface area contributed by atoms with Crippen LogP contribution in [0.3, 0.4) is 0 Å². The Labute approximate surface area is 446 Å². The van der Waals surface area contributed by atoms with Gasteiger partial charge in [-0.25, -0.2) is 0 Å². The van der Waals surface area contributed by atoms with Crippen LogP contribution < -0.4 is 31.1 Å². The van der Waals surface area contributed by atoms with Crippen molar-refractivity contribution in [1.82, 2.24) is 0 Å². The van der Waals surface area contributed by atoms with E-state index in [0.717, 1.165) is 18.5 Å². The third-order valence-corrected chi connectivity index (χ3v) is 18.0. The van der Waals surface area contributed by atoms with E-state index in [1.54, 1.807) is 0 Å². The first-order valence-electron chi connectivity index (χ1n) is 27.3. The van der Waals surface area contributed by atoms with Gasteiger partial charge in [0.2, 0.25) is 0 Å². The van der Waals surface area contributed by atoms with E-state index in [2.05, 4.69) is 279 Å². The lowest BCUT2D eigenvalue weighted by atomic mass is 9.33. The summed E-state index contributed by atoms with van der Waals surface area (Å²) in [4.78, 5) is 8.00. The molecule has 75 heavy (non-hydrogen) atoms. The Morgan fingerprint density at radius 3 is 1.73 bits per heavy atom. The molecule has 0 N–H and O–H groups in total. The number of benzene rings is 9. The van der Waals surface area contributed by atoms with Gasteiger partial charge in [-0.15, -0.1) is 0 Å². The Morgan fingerprint density at radius 2 is 1.04 bits per heavy atom. The second-order valence-electron chi connectivity index (χ2n) is 24.7. The van der Waals surface area contributed by atoms with Gasteiger partial charge in [0.1, 0.15) is 0 Å². The van der Waals surface area contributed by atoms with Crippen LogP contribution >= 0.6 is 0 Å². The maximum Gasteiger partial charge on any atom is 0.252 e. The number of fused-ring (bicyclic) bond motifs is 9. The van der Waals surface area contributed by atoms with Gasteiger partial charge in [0.05, 0.1) is 11.2 Å². The maximum atomic E-state index is 2.77. The summed E-state index contributed by atoms with van der Waals surface area (Å²) in [6.45, 7) is 25.9. The number of anilines is 8. The molecule has 9 aromatic rings. The minimum atomic E-state index is -0.336. The molecule has 3 heterocycles. The van der Waals surface area contributed by atoms with Gasteiger partial charge < -0.3 is 14.7 Å². The van der Waals surface area contributed by atoms with Gasteiger partial charge in [-0.1, -0.05) is 187 Å². The molecule has 0 saturated carbocycles. The lowest BCUT2D eigenvalue weighted by molar-refractivity contribution is 0.245. The van der Waals surface area contributed by atoms with E-state index in [4.69, 9.17) is 0 Å². The zero-order valence-corrected chi connectivity index (χ0v) is 45.7. The van der Waals surface area contributed by atoms with Crippen molar-refractivity contribution in [2.45, 2.75) is 111 Å². The highest BCUT2D eigenvalue weighted by atomic mass is 15.3. The minimum Gasteiger partial charge on any atom is -0.330 e. The predicted molar refractivity (Wildman–Crippen MR) is 321 cm³/mol. The van der Waals surface area contributed by atoms with Crippen LogP contribution in [0.1, 0.15) is 106 Å². The molecule has 0 bridgehead atoms. The standard InChI is InChI=1S/C71H68BN3/c1-45-38-47(3)67-58(39-45)70(10)37-36-50-24-18-19-25-57(50)71(70,11)75(67)55-32-34-60-63(44-55)73(54-30-27-52(28-31-54)68(4,5)6)64-40-46(2)41-65-66(64)72(60)59-33-26-51(48-20-14-12-15-21-48)42-62(59)74(65)61-35-29-53(69(7,8)9)43-56(61)49-22-16-13-17-23-49/h12-35,38-44H,36-37H2,1-11H3. The molecule has 0 spiro atoms. The van der Waals surface area contributed by atoms with E-state index >= 15 is 0 Å². The Morgan fingerprint density at radius 1 is 0.453 bits per heavy atom. The van der Waals surface area contributed by atoms with Gasteiger partial charge >= 0.3 is 0 Å². The maximum absolute atomic E-state index is 2.77. The summed E-state index contributed by atoms with van der Waals surface area (Å²) in [5.74, 6) is 0. The van der Waals surface area contributed by atoms with Gasteiger partial charge in [-0.05, 0) is 178 Å². The summed E-state index contributed by atoms with van der Waals surface area (Å²) in [5.41, 5.74) is 29.0. The fourth-order valence-corrected chi connectivity index (χ4v) is 13.9. The van der Waals surface area contributed by atoms with E-state index in [-0.39, 0.29) is 28.5 Å². The molecule has 0 fully saturated rings. The SMILES string of the molecule is Cc1cc2c3c(c1)N(c1ccc(C(C)(C)C)cc1-c1ccccc1)c1cc(-c4ccccc4)ccc1B3c1ccc(N3c4c(C)cc(C)cc4C4(C)CCc5ccccc5C34C)cc1N2c1ccc(C(C)(C)C)cc1. The minimum absolute atomic E-state index is 0.0126. The number of rotatable bonds is 5. The highest BCUT2D eigenvalue weighted by molar-refractivity contribution is 7.00. The molecule has 1 aliphatic carbocycles.